The number of nitrogens with one attached hydrogen (secondary N) is 1. The van der Waals surface area contributed by atoms with Gasteiger partial charge in [0.1, 0.15) is 11.6 Å². The minimum atomic E-state index is 0.498. The lowest BCUT2D eigenvalue weighted by Crippen LogP contribution is -2.29. The minimum absolute atomic E-state index is 0.498. The van der Waals surface area contributed by atoms with Crippen LogP contribution in [0.3, 0.4) is 0 Å². The van der Waals surface area contributed by atoms with Crippen molar-refractivity contribution in [1.82, 2.24) is 9.97 Å². The molecule has 1 N–H and O–H groups in total. The molecule has 1 heterocycles. The van der Waals surface area contributed by atoms with E-state index >= 15 is 0 Å². The van der Waals surface area contributed by atoms with Gasteiger partial charge < -0.3 is 10.2 Å². The highest BCUT2D eigenvalue weighted by Crippen LogP contribution is 2.14. The summed E-state index contributed by atoms with van der Waals surface area (Å²) >= 11 is 0. The molecule has 0 unspecified atom stereocenters. The van der Waals surface area contributed by atoms with E-state index in [9.17, 15) is 0 Å². The molecular formula is C12H19N5. The van der Waals surface area contributed by atoms with Crippen LogP contribution in [-0.4, -0.2) is 30.1 Å². The summed E-state index contributed by atoms with van der Waals surface area (Å²) in [6.45, 7) is 5.86. The van der Waals surface area contributed by atoms with Gasteiger partial charge >= 0.3 is 0 Å². The van der Waals surface area contributed by atoms with Crippen LogP contribution in [-0.2, 0) is 0 Å². The maximum Gasteiger partial charge on any atom is 0.149 e. The van der Waals surface area contributed by atoms with Crippen LogP contribution in [0.4, 0.5) is 11.6 Å². The summed E-state index contributed by atoms with van der Waals surface area (Å²) in [5.74, 6) is 2.09. The number of rotatable bonds is 6. The van der Waals surface area contributed by atoms with Gasteiger partial charge in [-0.1, -0.05) is 13.8 Å². The molecule has 0 amide bonds. The number of hydrogen-bond donors (Lipinski definition) is 1. The fourth-order valence-corrected chi connectivity index (χ4v) is 1.55. The molecule has 0 saturated carbocycles. The first-order chi connectivity index (χ1) is 8.17. The van der Waals surface area contributed by atoms with Crippen LogP contribution < -0.4 is 10.2 Å². The third-order valence-electron chi connectivity index (χ3n) is 2.28. The predicted molar refractivity (Wildman–Crippen MR) is 68.9 cm³/mol. The van der Waals surface area contributed by atoms with Crippen LogP contribution in [0.2, 0.25) is 0 Å². The molecule has 0 saturated heterocycles. The Kier molecular flexibility index (Phi) is 5.21. The topological polar surface area (TPSA) is 64.8 Å². The Balaban J connectivity index is 2.83. The number of aromatic nitrogens is 2. The first-order valence-corrected chi connectivity index (χ1v) is 5.79. The Hall–Kier alpha value is -1.83. The molecule has 0 aliphatic heterocycles. The second kappa shape index (κ2) is 6.69. The molecule has 92 valence electrons. The fraction of sp³-hybridized carbons (Fsp3) is 0.583. The summed E-state index contributed by atoms with van der Waals surface area (Å²) < 4.78 is 0. The van der Waals surface area contributed by atoms with E-state index in [0.717, 1.165) is 18.2 Å². The molecule has 0 aliphatic rings. The van der Waals surface area contributed by atoms with Gasteiger partial charge in [0.15, 0.2) is 0 Å². The van der Waals surface area contributed by atoms with Crippen LogP contribution in [0.5, 0.6) is 0 Å². The first kappa shape index (κ1) is 13.2. The van der Waals surface area contributed by atoms with Gasteiger partial charge in [0.25, 0.3) is 0 Å². The van der Waals surface area contributed by atoms with Gasteiger partial charge in [-0.05, 0) is 5.92 Å². The van der Waals surface area contributed by atoms with E-state index < -0.39 is 0 Å². The average molecular weight is 233 g/mol. The van der Waals surface area contributed by atoms with Gasteiger partial charge in [-0.3, -0.25) is 4.98 Å². The van der Waals surface area contributed by atoms with Crippen LogP contribution >= 0.6 is 0 Å². The summed E-state index contributed by atoms with van der Waals surface area (Å²) in [7, 11) is 1.82. The largest absolute Gasteiger partial charge is 0.372 e. The van der Waals surface area contributed by atoms with Crippen molar-refractivity contribution in [1.29, 1.82) is 5.26 Å². The molecular weight excluding hydrogens is 214 g/mol. The molecule has 5 heteroatoms. The van der Waals surface area contributed by atoms with Crippen molar-refractivity contribution in [3.05, 3.63) is 12.4 Å². The van der Waals surface area contributed by atoms with Crippen molar-refractivity contribution < 1.29 is 0 Å². The van der Waals surface area contributed by atoms with Gasteiger partial charge in [0.05, 0.1) is 24.9 Å². The monoisotopic (exact) mass is 233 g/mol. The molecule has 0 bridgehead atoms. The summed E-state index contributed by atoms with van der Waals surface area (Å²) in [5.41, 5.74) is 0. The quantitative estimate of drug-likeness (QED) is 0.813. The smallest absolute Gasteiger partial charge is 0.149 e. The molecule has 5 nitrogen and oxygen atoms in total. The van der Waals surface area contributed by atoms with Crippen LogP contribution in [0.1, 0.15) is 20.3 Å². The van der Waals surface area contributed by atoms with Crippen molar-refractivity contribution >= 4 is 11.6 Å². The zero-order valence-corrected chi connectivity index (χ0v) is 10.6. The van der Waals surface area contributed by atoms with E-state index in [4.69, 9.17) is 5.26 Å². The summed E-state index contributed by atoms with van der Waals surface area (Å²) in [5, 5.41) is 11.6. The zero-order chi connectivity index (χ0) is 12.7. The summed E-state index contributed by atoms with van der Waals surface area (Å²) in [4.78, 5) is 10.7. The van der Waals surface area contributed by atoms with Crippen molar-refractivity contribution in [2.45, 2.75) is 20.3 Å². The van der Waals surface area contributed by atoms with Crippen molar-refractivity contribution in [2.75, 3.05) is 30.4 Å². The molecule has 17 heavy (non-hydrogen) atoms. The average Bonchev–Trinajstić information content (AvgIpc) is 2.34. The maximum atomic E-state index is 8.67. The summed E-state index contributed by atoms with van der Waals surface area (Å²) in [6.07, 6.45) is 3.92. The van der Waals surface area contributed by atoms with Crippen molar-refractivity contribution in [3.63, 3.8) is 0 Å². The Morgan fingerprint density at radius 1 is 1.47 bits per heavy atom. The second-order valence-corrected chi connectivity index (χ2v) is 4.26. The third kappa shape index (κ3) is 4.27. The fourth-order valence-electron chi connectivity index (χ4n) is 1.55. The number of nitrogens with zero attached hydrogens (tertiary/aromatic N) is 4. The van der Waals surface area contributed by atoms with E-state index in [-0.39, 0.29) is 0 Å². The molecule has 0 spiro atoms. The molecule has 0 radical (unpaired) electrons. The Bertz CT molecular complexity index is 383. The van der Waals surface area contributed by atoms with Crippen molar-refractivity contribution in [3.8, 4) is 6.07 Å². The van der Waals surface area contributed by atoms with Gasteiger partial charge in [-0.2, -0.15) is 5.26 Å². The number of anilines is 2. The second-order valence-electron chi connectivity index (χ2n) is 4.26. The highest BCUT2D eigenvalue weighted by molar-refractivity contribution is 5.43. The van der Waals surface area contributed by atoms with Crippen LogP contribution in [0.15, 0.2) is 12.4 Å². The lowest BCUT2D eigenvalue weighted by molar-refractivity contribution is 0.607. The van der Waals surface area contributed by atoms with E-state index in [0.29, 0.717) is 18.9 Å². The predicted octanol–water partition coefficient (Wildman–Crippen LogP) is 1.89. The van der Waals surface area contributed by atoms with E-state index in [1.165, 1.54) is 0 Å². The first-order valence-electron chi connectivity index (χ1n) is 5.79. The zero-order valence-electron chi connectivity index (χ0n) is 10.6. The Labute approximate surface area is 102 Å². The highest BCUT2D eigenvalue weighted by Gasteiger charge is 2.10. The van der Waals surface area contributed by atoms with Crippen LogP contribution in [0.25, 0.3) is 0 Å². The molecule has 0 aliphatic carbocycles. The molecule has 1 aromatic rings. The van der Waals surface area contributed by atoms with E-state index in [1.54, 1.807) is 12.4 Å². The third-order valence-corrected chi connectivity index (χ3v) is 2.28. The standard InChI is InChI=1S/C12H19N5/c1-10(2)9-17(6-4-5-13)12-8-15-7-11(14-3)16-12/h7-8,10H,4,6,9H2,1-3H3,(H,14,16). The number of nitriles is 1. The SMILES string of the molecule is CNc1cncc(N(CCC#N)CC(C)C)n1. The lowest BCUT2D eigenvalue weighted by Gasteiger charge is -2.24. The lowest BCUT2D eigenvalue weighted by atomic mass is 10.2. The molecule has 1 rings (SSSR count). The van der Waals surface area contributed by atoms with E-state index in [2.05, 4.69) is 40.1 Å². The maximum absolute atomic E-state index is 8.67. The van der Waals surface area contributed by atoms with Gasteiger partial charge in [-0.25, -0.2) is 4.98 Å². The molecule has 0 aromatic carbocycles. The molecule has 0 atom stereocenters. The van der Waals surface area contributed by atoms with Gasteiger partial charge in [0.2, 0.25) is 0 Å². The molecule has 1 aromatic heterocycles. The summed E-state index contributed by atoms with van der Waals surface area (Å²) in [6, 6.07) is 2.16. The van der Waals surface area contributed by atoms with Gasteiger partial charge in [0, 0.05) is 20.1 Å². The minimum Gasteiger partial charge on any atom is -0.372 e. The Morgan fingerprint density at radius 3 is 2.82 bits per heavy atom. The normalized spacial score (nSPS) is 10.1. The molecule has 0 fully saturated rings. The Morgan fingerprint density at radius 2 is 2.24 bits per heavy atom. The van der Waals surface area contributed by atoms with Gasteiger partial charge in [-0.15, -0.1) is 0 Å². The highest BCUT2D eigenvalue weighted by atomic mass is 15.2. The van der Waals surface area contributed by atoms with Crippen LogP contribution in [0, 0.1) is 17.2 Å². The number of hydrogen-bond acceptors (Lipinski definition) is 5. The van der Waals surface area contributed by atoms with E-state index in [1.807, 2.05) is 7.05 Å². The van der Waals surface area contributed by atoms with Crippen molar-refractivity contribution in [2.24, 2.45) is 5.92 Å².